The second-order valence-corrected chi connectivity index (χ2v) is 6.44. The number of aryl methyl sites for hydroxylation is 3. The van der Waals surface area contributed by atoms with Crippen molar-refractivity contribution in [2.45, 2.75) is 20.8 Å². The minimum Gasteiger partial charge on any atom is -0.502 e. The van der Waals surface area contributed by atoms with E-state index in [0.717, 1.165) is 28.8 Å². The summed E-state index contributed by atoms with van der Waals surface area (Å²) in [5.74, 6) is -1.51. The van der Waals surface area contributed by atoms with Gasteiger partial charge in [-0.1, -0.05) is 17.7 Å². The van der Waals surface area contributed by atoms with Gasteiger partial charge in [-0.2, -0.15) is 0 Å². The van der Waals surface area contributed by atoms with Crippen LogP contribution in [0.2, 0.25) is 0 Å². The van der Waals surface area contributed by atoms with Crippen LogP contribution in [0.3, 0.4) is 0 Å². The number of likely N-dealkylation sites (N-methyl/N-ethyl adjacent to an activating group) is 1. The van der Waals surface area contributed by atoms with Gasteiger partial charge < -0.3 is 15.3 Å². The number of anilines is 1. The number of nitro benzene ring substituents is 1. The van der Waals surface area contributed by atoms with Crippen molar-refractivity contribution >= 4 is 23.2 Å². The summed E-state index contributed by atoms with van der Waals surface area (Å²) in [6, 6.07) is 7.22. The van der Waals surface area contributed by atoms with Gasteiger partial charge in [0.05, 0.1) is 11.5 Å². The number of carbonyl (C=O) groups excluding carboxylic acids is 2. The van der Waals surface area contributed by atoms with Crippen molar-refractivity contribution in [3.8, 4) is 5.75 Å². The summed E-state index contributed by atoms with van der Waals surface area (Å²) >= 11 is 0. The molecular formula is C19H21N3O5. The Kier molecular flexibility index (Phi) is 5.79. The molecule has 0 saturated carbocycles. The summed E-state index contributed by atoms with van der Waals surface area (Å²) in [6.45, 7) is 5.55. The second-order valence-electron chi connectivity index (χ2n) is 6.44. The third-order valence-corrected chi connectivity index (χ3v) is 4.09. The fourth-order valence-electron chi connectivity index (χ4n) is 2.87. The number of phenols is 1. The van der Waals surface area contributed by atoms with Crippen molar-refractivity contribution in [2.24, 2.45) is 0 Å². The molecule has 2 rings (SSSR count). The van der Waals surface area contributed by atoms with E-state index in [0.29, 0.717) is 5.69 Å². The Labute approximate surface area is 156 Å². The number of rotatable bonds is 5. The van der Waals surface area contributed by atoms with E-state index < -0.39 is 22.3 Å². The number of aromatic hydroxyl groups is 1. The SMILES string of the molecule is Cc1cc(C)c(NC(=O)CN(C)C(=O)c2ccc([N+](=O)[O-])c(O)c2)c(C)c1. The third kappa shape index (κ3) is 4.60. The van der Waals surface area contributed by atoms with Gasteiger partial charge in [0, 0.05) is 24.4 Å². The largest absolute Gasteiger partial charge is 0.502 e. The highest BCUT2D eigenvalue weighted by atomic mass is 16.6. The highest BCUT2D eigenvalue weighted by Gasteiger charge is 2.20. The van der Waals surface area contributed by atoms with Crippen LogP contribution in [0.25, 0.3) is 0 Å². The second kappa shape index (κ2) is 7.86. The first-order valence-corrected chi connectivity index (χ1v) is 8.20. The molecule has 0 aliphatic rings. The fraction of sp³-hybridized carbons (Fsp3) is 0.263. The van der Waals surface area contributed by atoms with E-state index in [9.17, 15) is 24.8 Å². The van der Waals surface area contributed by atoms with Gasteiger partial charge in [0.1, 0.15) is 0 Å². The Morgan fingerprint density at radius 1 is 1.15 bits per heavy atom. The van der Waals surface area contributed by atoms with E-state index >= 15 is 0 Å². The molecule has 142 valence electrons. The van der Waals surface area contributed by atoms with Crippen LogP contribution in [0.5, 0.6) is 5.75 Å². The quantitative estimate of drug-likeness (QED) is 0.620. The van der Waals surface area contributed by atoms with Gasteiger partial charge in [-0.15, -0.1) is 0 Å². The van der Waals surface area contributed by atoms with Gasteiger partial charge in [0.2, 0.25) is 5.91 Å². The fourth-order valence-corrected chi connectivity index (χ4v) is 2.87. The topological polar surface area (TPSA) is 113 Å². The summed E-state index contributed by atoms with van der Waals surface area (Å²) < 4.78 is 0. The van der Waals surface area contributed by atoms with Gasteiger partial charge in [0.25, 0.3) is 5.91 Å². The molecular weight excluding hydrogens is 350 g/mol. The zero-order valence-corrected chi connectivity index (χ0v) is 15.6. The lowest BCUT2D eigenvalue weighted by Gasteiger charge is -2.18. The molecule has 0 atom stereocenters. The van der Waals surface area contributed by atoms with Crippen molar-refractivity contribution < 1.29 is 19.6 Å². The number of hydrogen-bond donors (Lipinski definition) is 2. The number of amides is 2. The number of nitrogens with one attached hydrogen (secondary N) is 1. The molecule has 2 aromatic rings. The molecule has 0 radical (unpaired) electrons. The summed E-state index contributed by atoms with van der Waals surface area (Å²) in [4.78, 5) is 35.9. The molecule has 8 nitrogen and oxygen atoms in total. The molecule has 2 amide bonds. The molecule has 0 aliphatic heterocycles. The molecule has 0 bridgehead atoms. The molecule has 0 unspecified atom stereocenters. The number of nitrogens with zero attached hydrogens (tertiary/aromatic N) is 2. The number of carbonyl (C=O) groups is 2. The first-order valence-electron chi connectivity index (χ1n) is 8.20. The van der Waals surface area contributed by atoms with Gasteiger partial charge in [0.15, 0.2) is 5.75 Å². The van der Waals surface area contributed by atoms with Crippen LogP contribution in [-0.2, 0) is 4.79 Å². The van der Waals surface area contributed by atoms with E-state index in [1.807, 2.05) is 32.9 Å². The zero-order chi connectivity index (χ0) is 20.3. The first kappa shape index (κ1) is 19.9. The Balaban J connectivity index is 2.09. The average molecular weight is 371 g/mol. The van der Waals surface area contributed by atoms with Gasteiger partial charge >= 0.3 is 5.69 Å². The lowest BCUT2D eigenvalue weighted by atomic mass is 10.1. The Morgan fingerprint density at radius 2 is 1.74 bits per heavy atom. The molecule has 0 aromatic heterocycles. The Morgan fingerprint density at radius 3 is 2.26 bits per heavy atom. The van der Waals surface area contributed by atoms with Gasteiger partial charge in [-0.3, -0.25) is 19.7 Å². The molecule has 0 fully saturated rings. The summed E-state index contributed by atoms with van der Waals surface area (Å²) in [5.41, 5.74) is 3.21. The molecule has 2 aromatic carbocycles. The molecule has 0 saturated heterocycles. The maximum atomic E-state index is 12.4. The predicted octanol–water partition coefficient (Wildman–Crippen LogP) is 2.94. The van der Waals surface area contributed by atoms with Crippen LogP contribution in [0.1, 0.15) is 27.0 Å². The van der Waals surface area contributed by atoms with Crippen LogP contribution < -0.4 is 5.32 Å². The molecule has 2 N–H and O–H groups in total. The summed E-state index contributed by atoms with van der Waals surface area (Å²) in [7, 11) is 1.44. The smallest absolute Gasteiger partial charge is 0.310 e. The van der Waals surface area contributed by atoms with E-state index in [-0.39, 0.29) is 18.0 Å². The van der Waals surface area contributed by atoms with Crippen molar-refractivity contribution in [3.63, 3.8) is 0 Å². The monoisotopic (exact) mass is 371 g/mol. The van der Waals surface area contributed by atoms with Crippen molar-refractivity contribution in [1.82, 2.24) is 4.90 Å². The molecule has 0 aliphatic carbocycles. The number of hydrogen-bond acceptors (Lipinski definition) is 5. The Hall–Kier alpha value is -3.42. The van der Waals surface area contributed by atoms with E-state index in [4.69, 9.17) is 0 Å². The summed E-state index contributed by atoms with van der Waals surface area (Å²) in [5, 5.41) is 23.2. The van der Waals surface area contributed by atoms with Gasteiger partial charge in [-0.25, -0.2) is 0 Å². The van der Waals surface area contributed by atoms with Crippen LogP contribution in [0, 0.1) is 30.9 Å². The van der Waals surface area contributed by atoms with Crippen LogP contribution in [0.15, 0.2) is 30.3 Å². The molecule has 27 heavy (non-hydrogen) atoms. The van der Waals surface area contributed by atoms with Crippen molar-refractivity contribution in [2.75, 3.05) is 18.9 Å². The predicted molar refractivity (Wildman–Crippen MR) is 101 cm³/mol. The molecule has 0 heterocycles. The minimum atomic E-state index is -0.743. The van der Waals surface area contributed by atoms with E-state index in [1.54, 1.807) is 0 Å². The van der Waals surface area contributed by atoms with E-state index in [1.165, 1.54) is 18.0 Å². The number of phenolic OH excluding ortho intramolecular Hbond substituents is 1. The average Bonchev–Trinajstić information content (AvgIpc) is 2.56. The summed E-state index contributed by atoms with van der Waals surface area (Å²) in [6.07, 6.45) is 0. The van der Waals surface area contributed by atoms with Gasteiger partial charge in [-0.05, 0) is 44.0 Å². The van der Waals surface area contributed by atoms with E-state index in [2.05, 4.69) is 5.32 Å². The zero-order valence-electron chi connectivity index (χ0n) is 15.6. The number of benzene rings is 2. The van der Waals surface area contributed by atoms with Crippen LogP contribution in [0.4, 0.5) is 11.4 Å². The maximum absolute atomic E-state index is 12.4. The molecule has 0 spiro atoms. The highest BCUT2D eigenvalue weighted by Crippen LogP contribution is 2.26. The molecule has 8 heteroatoms. The lowest BCUT2D eigenvalue weighted by molar-refractivity contribution is -0.385. The third-order valence-electron chi connectivity index (χ3n) is 4.09. The normalized spacial score (nSPS) is 10.4. The van der Waals surface area contributed by atoms with Crippen LogP contribution >= 0.6 is 0 Å². The minimum absolute atomic E-state index is 0.0519. The van der Waals surface area contributed by atoms with Crippen LogP contribution in [-0.4, -0.2) is 40.3 Å². The Bertz CT molecular complexity index is 901. The van der Waals surface area contributed by atoms with Crippen molar-refractivity contribution in [1.29, 1.82) is 0 Å². The maximum Gasteiger partial charge on any atom is 0.310 e. The number of nitro groups is 1. The first-order chi connectivity index (χ1) is 12.6. The van der Waals surface area contributed by atoms with Crippen molar-refractivity contribution in [3.05, 3.63) is 62.7 Å². The standard InChI is InChI=1S/C19H21N3O5/c1-11-7-12(2)18(13(3)8-11)20-17(24)10-21(4)19(25)14-5-6-15(22(26)27)16(23)9-14/h5-9,23H,10H2,1-4H3,(H,20,24). The highest BCUT2D eigenvalue weighted by molar-refractivity contribution is 6.00. The lowest BCUT2D eigenvalue weighted by Crippen LogP contribution is -2.35.